The van der Waals surface area contributed by atoms with Crippen LogP contribution < -0.4 is 4.74 Å². The molecule has 148 valence electrons. The Morgan fingerprint density at radius 1 is 1.14 bits per heavy atom. The van der Waals surface area contributed by atoms with Gasteiger partial charge in [-0.25, -0.2) is 0 Å². The number of likely N-dealkylation sites (tertiary alicyclic amines) is 2. The molecule has 0 spiro atoms. The summed E-state index contributed by atoms with van der Waals surface area (Å²) in [6.07, 6.45) is 0. The van der Waals surface area contributed by atoms with Crippen molar-refractivity contribution in [2.75, 3.05) is 39.4 Å². The largest absolute Gasteiger partial charge is 0.484 e. The lowest BCUT2D eigenvalue weighted by Gasteiger charge is -2.27. The molecule has 2 aliphatic heterocycles. The van der Waals surface area contributed by atoms with E-state index in [1.807, 2.05) is 42.2 Å². The molecule has 5 heteroatoms. The minimum atomic E-state index is -0.215. The van der Waals surface area contributed by atoms with Crippen molar-refractivity contribution in [2.45, 2.75) is 13.5 Å². The molecule has 2 aromatic carbocycles. The van der Waals surface area contributed by atoms with Gasteiger partial charge < -0.3 is 14.7 Å². The third-order valence-electron chi connectivity index (χ3n) is 6.10. The standard InChI is InChI=1S/C23H28N2O3/c1-18-6-5-9-21(10-18)28-14-22(27)25-13-20-12-24(15-23(20,16-25)17-26)11-19-7-3-2-4-8-19/h2-10,20,26H,11-17H2,1H3/t20-,23+/m1/s1. The van der Waals surface area contributed by atoms with E-state index in [0.717, 1.165) is 30.9 Å². The first-order valence-electron chi connectivity index (χ1n) is 9.92. The minimum Gasteiger partial charge on any atom is -0.484 e. The highest BCUT2D eigenvalue weighted by atomic mass is 16.5. The number of ether oxygens (including phenoxy) is 1. The van der Waals surface area contributed by atoms with Gasteiger partial charge in [-0.15, -0.1) is 0 Å². The predicted octanol–water partition coefficient (Wildman–Crippen LogP) is 2.33. The van der Waals surface area contributed by atoms with E-state index in [1.54, 1.807) is 0 Å². The van der Waals surface area contributed by atoms with Crippen molar-refractivity contribution in [1.82, 2.24) is 9.80 Å². The number of hydrogen-bond donors (Lipinski definition) is 1. The predicted molar refractivity (Wildman–Crippen MR) is 108 cm³/mol. The van der Waals surface area contributed by atoms with Crippen molar-refractivity contribution in [3.05, 3.63) is 65.7 Å². The Balaban J connectivity index is 1.34. The zero-order valence-corrected chi connectivity index (χ0v) is 16.4. The highest BCUT2D eigenvalue weighted by molar-refractivity contribution is 5.78. The van der Waals surface area contributed by atoms with Gasteiger partial charge in [0, 0.05) is 38.1 Å². The summed E-state index contributed by atoms with van der Waals surface area (Å²) in [5.41, 5.74) is 2.18. The van der Waals surface area contributed by atoms with Crippen molar-refractivity contribution in [1.29, 1.82) is 0 Å². The number of fused-ring (bicyclic) bond motifs is 1. The Morgan fingerprint density at radius 3 is 2.68 bits per heavy atom. The molecule has 2 atom stereocenters. The van der Waals surface area contributed by atoms with Crippen molar-refractivity contribution >= 4 is 5.91 Å². The molecule has 4 rings (SSSR count). The summed E-state index contributed by atoms with van der Waals surface area (Å²) in [6, 6.07) is 18.2. The first-order valence-corrected chi connectivity index (χ1v) is 9.92. The summed E-state index contributed by atoms with van der Waals surface area (Å²) < 4.78 is 5.69. The Hall–Kier alpha value is -2.37. The van der Waals surface area contributed by atoms with Gasteiger partial charge in [0.1, 0.15) is 5.75 Å². The molecule has 2 aliphatic rings. The second-order valence-electron chi connectivity index (χ2n) is 8.25. The minimum absolute atomic E-state index is 0.00154. The van der Waals surface area contributed by atoms with Gasteiger partial charge in [0.25, 0.3) is 5.91 Å². The van der Waals surface area contributed by atoms with Crippen molar-refractivity contribution < 1.29 is 14.6 Å². The van der Waals surface area contributed by atoms with Crippen LogP contribution in [-0.4, -0.2) is 60.2 Å². The lowest BCUT2D eigenvalue weighted by molar-refractivity contribution is -0.133. The monoisotopic (exact) mass is 380 g/mol. The second-order valence-corrected chi connectivity index (χ2v) is 8.25. The molecule has 0 bridgehead atoms. The van der Waals surface area contributed by atoms with Crippen LogP contribution in [0.1, 0.15) is 11.1 Å². The SMILES string of the molecule is Cc1cccc(OCC(=O)N2C[C@H]3CN(Cc4ccccc4)C[C@@]3(CO)C2)c1. The maximum absolute atomic E-state index is 12.7. The van der Waals surface area contributed by atoms with Gasteiger partial charge in [-0.1, -0.05) is 42.5 Å². The Morgan fingerprint density at radius 2 is 1.96 bits per heavy atom. The van der Waals surface area contributed by atoms with Crippen LogP contribution in [0.15, 0.2) is 54.6 Å². The molecular weight excluding hydrogens is 352 g/mol. The molecule has 2 heterocycles. The molecule has 28 heavy (non-hydrogen) atoms. The topological polar surface area (TPSA) is 53.0 Å². The third kappa shape index (κ3) is 3.91. The van der Waals surface area contributed by atoms with Crippen LogP contribution >= 0.6 is 0 Å². The van der Waals surface area contributed by atoms with Gasteiger partial charge in [-0.05, 0) is 36.1 Å². The van der Waals surface area contributed by atoms with E-state index >= 15 is 0 Å². The van der Waals surface area contributed by atoms with Gasteiger partial charge in [0.2, 0.25) is 0 Å². The fraction of sp³-hybridized carbons (Fsp3) is 0.435. The average molecular weight is 380 g/mol. The molecule has 2 fully saturated rings. The fourth-order valence-electron chi connectivity index (χ4n) is 4.61. The second kappa shape index (κ2) is 7.94. The van der Waals surface area contributed by atoms with Crippen LogP contribution in [0, 0.1) is 18.3 Å². The zero-order valence-electron chi connectivity index (χ0n) is 16.4. The van der Waals surface area contributed by atoms with Gasteiger partial charge in [-0.2, -0.15) is 0 Å². The van der Waals surface area contributed by atoms with E-state index in [2.05, 4.69) is 29.2 Å². The van der Waals surface area contributed by atoms with Crippen LogP contribution in [0.2, 0.25) is 0 Å². The average Bonchev–Trinajstić information content (AvgIpc) is 3.21. The number of aryl methyl sites for hydroxylation is 1. The normalized spacial score (nSPS) is 24.4. The summed E-state index contributed by atoms with van der Waals surface area (Å²) in [5, 5.41) is 10.2. The highest BCUT2D eigenvalue weighted by Gasteiger charge is 2.52. The number of benzene rings is 2. The van der Waals surface area contributed by atoms with E-state index in [9.17, 15) is 9.90 Å². The van der Waals surface area contributed by atoms with E-state index in [1.165, 1.54) is 5.56 Å². The summed E-state index contributed by atoms with van der Waals surface area (Å²) >= 11 is 0. The molecule has 0 aliphatic carbocycles. The number of aliphatic hydroxyl groups excluding tert-OH is 1. The lowest BCUT2D eigenvalue weighted by Crippen LogP contribution is -2.40. The molecule has 1 N–H and O–H groups in total. The summed E-state index contributed by atoms with van der Waals surface area (Å²) in [5.74, 6) is 1.03. The number of amides is 1. The molecule has 0 aromatic heterocycles. The van der Waals surface area contributed by atoms with Crippen LogP contribution in [0.3, 0.4) is 0 Å². The fourth-order valence-corrected chi connectivity index (χ4v) is 4.61. The van der Waals surface area contributed by atoms with E-state index < -0.39 is 0 Å². The van der Waals surface area contributed by atoms with E-state index in [4.69, 9.17) is 4.74 Å². The number of rotatable bonds is 6. The maximum atomic E-state index is 12.7. The van der Waals surface area contributed by atoms with Gasteiger partial charge in [0.15, 0.2) is 6.61 Å². The van der Waals surface area contributed by atoms with Crippen LogP contribution in [0.25, 0.3) is 0 Å². The highest BCUT2D eigenvalue weighted by Crippen LogP contribution is 2.42. The lowest BCUT2D eigenvalue weighted by atomic mass is 9.82. The number of hydrogen-bond acceptors (Lipinski definition) is 4. The number of aliphatic hydroxyl groups is 1. The number of carbonyl (C=O) groups is 1. The van der Waals surface area contributed by atoms with Crippen molar-refractivity contribution in [3.8, 4) is 5.75 Å². The van der Waals surface area contributed by atoms with Crippen LogP contribution in [0.4, 0.5) is 0 Å². The van der Waals surface area contributed by atoms with Gasteiger partial charge >= 0.3 is 0 Å². The van der Waals surface area contributed by atoms with Crippen LogP contribution in [0.5, 0.6) is 5.75 Å². The molecule has 0 radical (unpaired) electrons. The Kier molecular flexibility index (Phi) is 5.38. The molecule has 5 nitrogen and oxygen atoms in total. The molecule has 2 aromatic rings. The first-order chi connectivity index (χ1) is 13.6. The molecular formula is C23H28N2O3. The van der Waals surface area contributed by atoms with Gasteiger partial charge in [-0.3, -0.25) is 9.69 Å². The molecule has 0 unspecified atom stereocenters. The maximum Gasteiger partial charge on any atom is 0.260 e. The Bertz CT molecular complexity index is 826. The third-order valence-corrected chi connectivity index (χ3v) is 6.10. The first kappa shape index (κ1) is 19.0. The summed E-state index contributed by atoms with van der Waals surface area (Å²) in [4.78, 5) is 16.9. The Labute approximate surface area is 166 Å². The van der Waals surface area contributed by atoms with Crippen LogP contribution in [-0.2, 0) is 11.3 Å². The quantitative estimate of drug-likeness (QED) is 0.836. The van der Waals surface area contributed by atoms with Crippen molar-refractivity contribution in [2.24, 2.45) is 11.3 Å². The number of nitrogens with zero attached hydrogens (tertiary/aromatic N) is 2. The number of carbonyl (C=O) groups excluding carboxylic acids is 1. The van der Waals surface area contributed by atoms with E-state index in [-0.39, 0.29) is 24.5 Å². The van der Waals surface area contributed by atoms with Gasteiger partial charge in [0.05, 0.1) is 6.61 Å². The molecule has 0 saturated carbocycles. The molecule has 1 amide bonds. The van der Waals surface area contributed by atoms with Crippen molar-refractivity contribution in [3.63, 3.8) is 0 Å². The summed E-state index contributed by atoms with van der Waals surface area (Å²) in [7, 11) is 0. The zero-order chi connectivity index (χ0) is 19.6. The van der Waals surface area contributed by atoms with E-state index in [0.29, 0.717) is 19.0 Å². The smallest absolute Gasteiger partial charge is 0.260 e. The summed E-state index contributed by atoms with van der Waals surface area (Å²) in [6.45, 7) is 6.10. The molecule has 2 saturated heterocycles.